The molecule has 0 fully saturated rings. The molecular weight excluding hydrogens is 320 g/mol. The van der Waals surface area contributed by atoms with Gasteiger partial charge in [0.2, 0.25) is 0 Å². The summed E-state index contributed by atoms with van der Waals surface area (Å²) in [4.78, 5) is 31.3. The number of fused-ring (bicyclic) bond motifs is 1. The van der Waals surface area contributed by atoms with Gasteiger partial charge in [-0.15, -0.1) is 0 Å². The molecule has 3 N–H and O–H groups in total. The fraction of sp³-hybridized carbons (Fsp3) is 0.167. The number of hydrogen-bond donors (Lipinski definition) is 3. The molecule has 0 radical (unpaired) electrons. The monoisotopic (exact) mass is 338 g/mol. The Bertz CT molecular complexity index is 904. The Labute approximate surface area is 144 Å². The van der Waals surface area contributed by atoms with Gasteiger partial charge in [0, 0.05) is 24.2 Å². The Morgan fingerprint density at radius 3 is 2.48 bits per heavy atom. The maximum Gasteiger partial charge on any atom is 0.251 e. The smallest absolute Gasteiger partial charge is 0.251 e. The van der Waals surface area contributed by atoms with Crippen LogP contribution in [0.15, 0.2) is 48.8 Å². The molecule has 1 heterocycles. The van der Waals surface area contributed by atoms with Crippen molar-refractivity contribution >= 4 is 22.8 Å². The number of aromatic amines is 1. The van der Waals surface area contributed by atoms with E-state index in [1.807, 2.05) is 0 Å². The number of ether oxygens (including phenoxy) is 1. The number of carbonyl (C=O) groups is 2. The minimum absolute atomic E-state index is 0.202. The molecule has 7 nitrogen and oxygen atoms in total. The van der Waals surface area contributed by atoms with E-state index in [-0.39, 0.29) is 11.8 Å². The van der Waals surface area contributed by atoms with Crippen LogP contribution in [-0.2, 0) is 0 Å². The molecule has 0 aliphatic rings. The number of nitrogens with zero attached hydrogens (tertiary/aromatic N) is 1. The first kappa shape index (κ1) is 16.5. The number of H-pyrrole nitrogens is 1. The Morgan fingerprint density at radius 2 is 1.76 bits per heavy atom. The van der Waals surface area contributed by atoms with E-state index < -0.39 is 0 Å². The highest BCUT2D eigenvalue weighted by Crippen LogP contribution is 2.12. The molecule has 0 unspecified atom stereocenters. The van der Waals surface area contributed by atoms with Crippen LogP contribution in [0.5, 0.6) is 5.75 Å². The lowest BCUT2D eigenvalue weighted by Crippen LogP contribution is -2.34. The number of methoxy groups -OCH3 is 1. The van der Waals surface area contributed by atoms with Gasteiger partial charge in [0.1, 0.15) is 5.75 Å². The van der Waals surface area contributed by atoms with E-state index in [1.165, 1.54) is 0 Å². The van der Waals surface area contributed by atoms with Crippen molar-refractivity contribution in [2.75, 3.05) is 20.2 Å². The number of hydrogen-bond acceptors (Lipinski definition) is 4. The van der Waals surface area contributed by atoms with Crippen LogP contribution in [0.3, 0.4) is 0 Å². The molecule has 25 heavy (non-hydrogen) atoms. The molecule has 7 heteroatoms. The van der Waals surface area contributed by atoms with Crippen molar-refractivity contribution in [3.63, 3.8) is 0 Å². The van der Waals surface area contributed by atoms with Gasteiger partial charge in [-0.1, -0.05) is 6.07 Å². The van der Waals surface area contributed by atoms with Gasteiger partial charge in [-0.05, 0) is 36.4 Å². The van der Waals surface area contributed by atoms with Gasteiger partial charge in [0.05, 0.1) is 24.5 Å². The summed E-state index contributed by atoms with van der Waals surface area (Å²) in [6, 6.07) is 12.1. The Kier molecular flexibility index (Phi) is 4.94. The standard InChI is InChI=1S/C18H18N4O3/c1-25-14-4-2-3-12(9-14)17(23)19-7-8-20-18(24)13-5-6-15-16(10-13)22-11-21-15/h2-6,9-11H,7-8H2,1H3,(H,19,23)(H,20,24)(H,21,22). The van der Waals surface area contributed by atoms with Gasteiger partial charge < -0.3 is 20.4 Å². The molecule has 128 valence electrons. The summed E-state index contributed by atoms with van der Waals surface area (Å²) in [5.41, 5.74) is 2.66. The van der Waals surface area contributed by atoms with Crippen molar-refractivity contribution in [1.29, 1.82) is 0 Å². The Hall–Kier alpha value is -3.35. The van der Waals surface area contributed by atoms with Gasteiger partial charge in [-0.2, -0.15) is 0 Å². The summed E-state index contributed by atoms with van der Waals surface area (Å²) in [6.07, 6.45) is 1.58. The molecule has 2 aromatic carbocycles. The SMILES string of the molecule is COc1cccc(C(=O)NCCNC(=O)c2ccc3nc[nH]c3c2)c1. The second-order valence-electron chi connectivity index (χ2n) is 5.38. The number of nitrogens with one attached hydrogen (secondary N) is 3. The predicted octanol–water partition coefficient (Wildman–Crippen LogP) is 1.73. The molecule has 0 bridgehead atoms. The highest BCUT2D eigenvalue weighted by Gasteiger charge is 2.08. The summed E-state index contributed by atoms with van der Waals surface area (Å²) < 4.78 is 5.09. The summed E-state index contributed by atoms with van der Waals surface area (Å²) in [6.45, 7) is 0.656. The number of amides is 2. The van der Waals surface area contributed by atoms with Crippen LogP contribution in [0.25, 0.3) is 11.0 Å². The molecule has 0 atom stereocenters. The van der Waals surface area contributed by atoms with Gasteiger partial charge in [0.25, 0.3) is 11.8 Å². The Morgan fingerprint density at radius 1 is 1.04 bits per heavy atom. The molecule has 2 amide bonds. The van der Waals surface area contributed by atoms with E-state index in [0.29, 0.717) is 30.0 Å². The normalized spacial score (nSPS) is 10.4. The minimum Gasteiger partial charge on any atom is -0.497 e. The first-order valence-corrected chi connectivity index (χ1v) is 7.81. The molecule has 0 saturated heterocycles. The molecule has 0 aliphatic heterocycles. The minimum atomic E-state index is -0.216. The van der Waals surface area contributed by atoms with Crippen LogP contribution in [0.4, 0.5) is 0 Å². The predicted molar refractivity (Wildman–Crippen MR) is 93.8 cm³/mol. The third-order valence-corrected chi connectivity index (χ3v) is 3.71. The van der Waals surface area contributed by atoms with Gasteiger partial charge in [-0.25, -0.2) is 4.98 Å². The van der Waals surface area contributed by atoms with Crippen molar-refractivity contribution in [1.82, 2.24) is 20.6 Å². The summed E-state index contributed by atoms with van der Waals surface area (Å²) in [7, 11) is 1.55. The Balaban J connectivity index is 1.48. The molecular formula is C18H18N4O3. The molecule has 0 saturated carbocycles. The second-order valence-corrected chi connectivity index (χ2v) is 5.38. The molecule has 0 spiro atoms. The maximum atomic E-state index is 12.1. The fourth-order valence-corrected chi connectivity index (χ4v) is 2.40. The van der Waals surface area contributed by atoms with E-state index in [2.05, 4.69) is 20.6 Å². The lowest BCUT2D eigenvalue weighted by molar-refractivity contribution is 0.0927. The maximum absolute atomic E-state index is 12.1. The van der Waals surface area contributed by atoms with Crippen molar-refractivity contribution < 1.29 is 14.3 Å². The van der Waals surface area contributed by atoms with Crippen LogP contribution in [0, 0.1) is 0 Å². The summed E-state index contributed by atoms with van der Waals surface area (Å²) in [5, 5.41) is 5.53. The lowest BCUT2D eigenvalue weighted by atomic mass is 10.2. The average Bonchev–Trinajstić information content (AvgIpc) is 3.12. The molecule has 0 aliphatic carbocycles. The van der Waals surface area contributed by atoms with E-state index in [4.69, 9.17) is 4.74 Å². The number of rotatable bonds is 6. The topological polar surface area (TPSA) is 96.1 Å². The van der Waals surface area contributed by atoms with Crippen molar-refractivity contribution in [2.45, 2.75) is 0 Å². The zero-order chi connectivity index (χ0) is 17.6. The first-order valence-electron chi connectivity index (χ1n) is 7.81. The van der Waals surface area contributed by atoms with Crippen molar-refractivity contribution in [2.24, 2.45) is 0 Å². The number of imidazole rings is 1. The molecule has 3 rings (SSSR count). The van der Waals surface area contributed by atoms with E-state index in [9.17, 15) is 9.59 Å². The molecule has 1 aromatic heterocycles. The van der Waals surface area contributed by atoms with E-state index in [0.717, 1.165) is 11.0 Å². The first-order chi connectivity index (χ1) is 12.2. The highest BCUT2D eigenvalue weighted by atomic mass is 16.5. The zero-order valence-electron chi connectivity index (χ0n) is 13.7. The number of carbonyl (C=O) groups excluding carboxylic acids is 2. The van der Waals surface area contributed by atoms with Crippen LogP contribution in [0.2, 0.25) is 0 Å². The van der Waals surface area contributed by atoms with Gasteiger partial charge in [0.15, 0.2) is 0 Å². The van der Waals surface area contributed by atoms with Gasteiger partial charge in [-0.3, -0.25) is 9.59 Å². The molecule has 3 aromatic rings. The fourth-order valence-electron chi connectivity index (χ4n) is 2.40. The van der Waals surface area contributed by atoms with E-state index in [1.54, 1.807) is 55.9 Å². The summed E-state index contributed by atoms with van der Waals surface area (Å²) in [5.74, 6) is 0.203. The van der Waals surface area contributed by atoms with Crippen LogP contribution < -0.4 is 15.4 Å². The third kappa shape index (κ3) is 3.95. The number of benzene rings is 2. The highest BCUT2D eigenvalue weighted by molar-refractivity contribution is 5.97. The number of aromatic nitrogens is 2. The van der Waals surface area contributed by atoms with Crippen LogP contribution in [0.1, 0.15) is 20.7 Å². The van der Waals surface area contributed by atoms with Crippen molar-refractivity contribution in [3.8, 4) is 5.75 Å². The largest absolute Gasteiger partial charge is 0.497 e. The van der Waals surface area contributed by atoms with Crippen molar-refractivity contribution in [3.05, 3.63) is 59.9 Å². The van der Waals surface area contributed by atoms with Crippen LogP contribution >= 0.6 is 0 Å². The van der Waals surface area contributed by atoms with Crippen LogP contribution in [-0.4, -0.2) is 42.0 Å². The third-order valence-electron chi connectivity index (χ3n) is 3.71. The zero-order valence-corrected chi connectivity index (χ0v) is 13.7. The average molecular weight is 338 g/mol. The summed E-state index contributed by atoms with van der Waals surface area (Å²) >= 11 is 0. The van der Waals surface area contributed by atoms with E-state index >= 15 is 0 Å². The lowest BCUT2D eigenvalue weighted by Gasteiger charge is -2.08. The van der Waals surface area contributed by atoms with Gasteiger partial charge >= 0.3 is 0 Å². The quantitative estimate of drug-likeness (QED) is 0.596. The second kappa shape index (κ2) is 7.48.